The molecule has 0 unspecified atom stereocenters. The molecule has 144 valence electrons. The largest absolute Gasteiger partial charge is 0.357 e. The van der Waals surface area contributed by atoms with Gasteiger partial charge in [0.05, 0.1) is 24.5 Å². The van der Waals surface area contributed by atoms with Crippen molar-refractivity contribution < 1.29 is 0 Å². The Kier molecular flexibility index (Phi) is 8.30. The zero-order valence-corrected chi connectivity index (χ0v) is 19.0. The number of nitrogens with one attached hydrogen (secondary N) is 2. The van der Waals surface area contributed by atoms with Crippen LogP contribution in [0.15, 0.2) is 52.8 Å². The average Bonchev–Trinajstić information content (AvgIpc) is 3.27. The van der Waals surface area contributed by atoms with Gasteiger partial charge in [-0.2, -0.15) is 5.10 Å². The molecular weight excluding hydrogens is 469 g/mol. The van der Waals surface area contributed by atoms with Gasteiger partial charge in [0.1, 0.15) is 0 Å². The molecule has 0 amide bonds. The Bertz CT molecular complexity index is 870. The van der Waals surface area contributed by atoms with Crippen molar-refractivity contribution in [1.29, 1.82) is 0 Å². The lowest BCUT2D eigenvalue weighted by Gasteiger charge is -2.12. The van der Waals surface area contributed by atoms with E-state index >= 15 is 0 Å². The first-order valence-corrected chi connectivity index (χ1v) is 9.71. The minimum absolute atomic E-state index is 0. The molecule has 0 fully saturated rings. The van der Waals surface area contributed by atoms with Gasteiger partial charge in [-0.05, 0) is 49.9 Å². The first kappa shape index (κ1) is 21.4. The van der Waals surface area contributed by atoms with E-state index in [1.165, 1.54) is 4.88 Å². The van der Waals surface area contributed by atoms with Gasteiger partial charge in [-0.1, -0.05) is 24.3 Å². The van der Waals surface area contributed by atoms with E-state index in [4.69, 9.17) is 4.99 Å². The van der Waals surface area contributed by atoms with Crippen molar-refractivity contribution in [2.24, 2.45) is 4.99 Å². The first-order chi connectivity index (χ1) is 12.7. The van der Waals surface area contributed by atoms with Gasteiger partial charge in [-0.15, -0.1) is 35.3 Å². The van der Waals surface area contributed by atoms with Crippen LogP contribution in [-0.2, 0) is 13.1 Å². The number of rotatable bonds is 6. The lowest BCUT2D eigenvalue weighted by atomic mass is 10.2. The summed E-state index contributed by atoms with van der Waals surface area (Å²) in [5, 5.41) is 13.4. The second-order valence-corrected chi connectivity index (χ2v) is 7.13. The van der Waals surface area contributed by atoms with Crippen molar-refractivity contribution in [3.8, 4) is 5.69 Å². The Morgan fingerprint density at radius 2 is 1.96 bits per heavy atom. The summed E-state index contributed by atoms with van der Waals surface area (Å²) in [5.74, 6) is 0.823. The maximum atomic E-state index is 4.76. The molecule has 2 heterocycles. The van der Waals surface area contributed by atoms with Crippen molar-refractivity contribution in [2.75, 3.05) is 6.54 Å². The standard InChI is InChI=1S/C20H25N5S.HI/c1-4-21-20(23-14-18-9-7-11-26-18)22-13-17-8-5-6-10-19(17)25-16(3)12-15(2)24-25;/h5-12H,4,13-14H2,1-3H3,(H2,21,22,23);1H. The van der Waals surface area contributed by atoms with Crippen LogP contribution in [0.3, 0.4) is 0 Å². The molecule has 7 heteroatoms. The van der Waals surface area contributed by atoms with E-state index in [2.05, 4.69) is 65.3 Å². The summed E-state index contributed by atoms with van der Waals surface area (Å²) in [6, 6.07) is 14.6. The second kappa shape index (κ2) is 10.5. The Morgan fingerprint density at radius 3 is 2.63 bits per heavy atom. The molecule has 0 aliphatic heterocycles. The van der Waals surface area contributed by atoms with Gasteiger partial charge in [-0.25, -0.2) is 9.67 Å². The zero-order valence-electron chi connectivity index (χ0n) is 15.9. The lowest BCUT2D eigenvalue weighted by molar-refractivity contribution is 0.804. The Labute approximate surface area is 181 Å². The number of guanidine groups is 1. The van der Waals surface area contributed by atoms with Gasteiger partial charge in [-0.3, -0.25) is 0 Å². The average molecular weight is 495 g/mol. The van der Waals surface area contributed by atoms with Crippen LogP contribution < -0.4 is 10.6 Å². The Balaban J connectivity index is 0.00000261. The highest BCUT2D eigenvalue weighted by molar-refractivity contribution is 14.0. The van der Waals surface area contributed by atoms with Crippen molar-refractivity contribution >= 4 is 41.3 Å². The van der Waals surface area contributed by atoms with E-state index < -0.39 is 0 Å². The van der Waals surface area contributed by atoms with Crippen molar-refractivity contribution in [2.45, 2.75) is 33.9 Å². The van der Waals surface area contributed by atoms with Crippen LogP contribution in [0.2, 0.25) is 0 Å². The molecule has 0 atom stereocenters. The smallest absolute Gasteiger partial charge is 0.191 e. The fourth-order valence-electron chi connectivity index (χ4n) is 2.81. The molecule has 0 aliphatic carbocycles. The van der Waals surface area contributed by atoms with Gasteiger partial charge in [0.15, 0.2) is 5.96 Å². The number of aryl methyl sites for hydroxylation is 2. The highest BCUT2D eigenvalue weighted by Gasteiger charge is 2.08. The lowest BCUT2D eigenvalue weighted by Crippen LogP contribution is -2.36. The maximum absolute atomic E-state index is 4.76. The number of benzene rings is 1. The number of nitrogens with zero attached hydrogens (tertiary/aromatic N) is 3. The molecule has 0 saturated carbocycles. The fraction of sp³-hybridized carbons (Fsp3) is 0.300. The topological polar surface area (TPSA) is 54.2 Å². The highest BCUT2D eigenvalue weighted by Crippen LogP contribution is 2.17. The van der Waals surface area contributed by atoms with Crippen LogP contribution in [0.1, 0.15) is 28.8 Å². The van der Waals surface area contributed by atoms with Crippen LogP contribution in [0.4, 0.5) is 0 Å². The number of aromatic nitrogens is 2. The van der Waals surface area contributed by atoms with E-state index in [9.17, 15) is 0 Å². The third-order valence-corrected chi connectivity index (χ3v) is 4.87. The van der Waals surface area contributed by atoms with Crippen LogP contribution in [0.5, 0.6) is 0 Å². The van der Waals surface area contributed by atoms with Crippen LogP contribution in [-0.4, -0.2) is 22.3 Å². The number of hydrogen-bond acceptors (Lipinski definition) is 3. The number of hydrogen-bond donors (Lipinski definition) is 2. The molecule has 0 spiro atoms. The fourth-order valence-corrected chi connectivity index (χ4v) is 3.46. The summed E-state index contributed by atoms with van der Waals surface area (Å²) in [5.41, 5.74) is 4.37. The molecule has 2 aromatic heterocycles. The molecule has 2 N–H and O–H groups in total. The summed E-state index contributed by atoms with van der Waals surface area (Å²) in [7, 11) is 0. The molecule has 5 nitrogen and oxygen atoms in total. The summed E-state index contributed by atoms with van der Waals surface area (Å²) in [4.78, 5) is 6.05. The van der Waals surface area contributed by atoms with Crippen molar-refractivity contribution in [3.05, 3.63) is 69.7 Å². The molecular formula is C20H26IN5S. The van der Waals surface area contributed by atoms with Gasteiger partial charge in [0, 0.05) is 17.1 Å². The van der Waals surface area contributed by atoms with Gasteiger partial charge in [0.2, 0.25) is 0 Å². The quantitative estimate of drug-likeness (QED) is 0.303. The van der Waals surface area contributed by atoms with E-state index in [1.54, 1.807) is 11.3 Å². The molecule has 1 aromatic carbocycles. The SMILES string of the molecule is CCNC(=NCc1ccccc1-n1nc(C)cc1C)NCc1cccs1.I. The third kappa shape index (κ3) is 5.80. The van der Waals surface area contributed by atoms with Crippen LogP contribution in [0, 0.1) is 13.8 Å². The minimum atomic E-state index is 0. The van der Waals surface area contributed by atoms with E-state index in [0.717, 1.165) is 41.7 Å². The maximum Gasteiger partial charge on any atom is 0.191 e. The number of halogens is 1. The normalized spacial score (nSPS) is 11.1. The summed E-state index contributed by atoms with van der Waals surface area (Å²) in [6.07, 6.45) is 0. The van der Waals surface area contributed by atoms with Gasteiger partial charge < -0.3 is 10.6 Å². The third-order valence-electron chi connectivity index (χ3n) is 3.99. The van der Waals surface area contributed by atoms with Crippen LogP contribution in [0.25, 0.3) is 5.69 Å². The second-order valence-electron chi connectivity index (χ2n) is 6.10. The molecule has 27 heavy (non-hydrogen) atoms. The van der Waals surface area contributed by atoms with Crippen molar-refractivity contribution in [3.63, 3.8) is 0 Å². The van der Waals surface area contributed by atoms with E-state index in [1.807, 2.05) is 23.7 Å². The molecule has 0 radical (unpaired) electrons. The minimum Gasteiger partial charge on any atom is -0.357 e. The molecule has 3 rings (SSSR count). The highest BCUT2D eigenvalue weighted by atomic mass is 127. The van der Waals surface area contributed by atoms with E-state index in [0.29, 0.717) is 6.54 Å². The van der Waals surface area contributed by atoms with Crippen molar-refractivity contribution in [1.82, 2.24) is 20.4 Å². The molecule has 3 aromatic rings. The zero-order chi connectivity index (χ0) is 18.4. The van der Waals surface area contributed by atoms with Gasteiger partial charge >= 0.3 is 0 Å². The monoisotopic (exact) mass is 495 g/mol. The molecule has 0 aliphatic rings. The van der Waals surface area contributed by atoms with E-state index in [-0.39, 0.29) is 24.0 Å². The number of aliphatic imine (C=N–C) groups is 1. The number of thiophene rings is 1. The molecule has 0 bridgehead atoms. The van der Waals surface area contributed by atoms with Crippen LogP contribution >= 0.6 is 35.3 Å². The Hall–Kier alpha value is -1.87. The molecule has 0 saturated heterocycles. The Morgan fingerprint density at radius 1 is 1.15 bits per heavy atom. The summed E-state index contributed by atoms with van der Waals surface area (Å²) >= 11 is 1.74. The number of para-hydroxylation sites is 1. The predicted octanol–water partition coefficient (Wildman–Crippen LogP) is 4.42. The van der Waals surface area contributed by atoms with Gasteiger partial charge in [0.25, 0.3) is 0 Å². The summed E-state index contributed by atoms with van der Waals surface area (Å²) < 4.78 is 1.99. The summed E-state index contributed by atoms with van der Waals surface area (Å²) in [6.45, 7) is 8.37. The predicted molar refractivity (Wildman–Crippen MR) is 124 cm³/mol. The first-order valence-electron chi connectivity index (χ1n) is 8.83.